The Morgan fingerprint density at radius 1 is 1.44 bits per heavy atom. The lowest BCUT2D eigenvalue weighted by molar-refractivity contribution is 0.464. The normalized spacial score (nSPS) is 47.8. The van der Waals surface area contributed by atoms with Crippen LogP contribution in [0.4, 0.5) is 0 Å². The zero-order valence-electron chi connectivity index (χ0n) is 6.22. The minimum absolute atomic E-state index is 0.954. The topological polar surface area (TPSA) is 0 Å². The van der Waals surface area contributed by atoms with E-state index in [4.69, 9.17) is 0 Å². The van der Waals surface area contributed by atoms with Gasteiger partial charge in [0.25, 0.3) is 0 Å². The molecule has 0 spiro atoms. The zero-order valence-corrected chi connectivity index (χ0v) is 6.22. The fraction of sp³-hybridized carbons (Fsp3) is 0.778. The van der Waals surface area contributed by atoms with Crippen LogP contribution < -0.4 is 0 Å². The first-order chi connectivity index (χ1) is 4.29. The van der Waals surface area contributed by atoms with Gasteiger partial charge in [0, 0.05) is 0 Å². The molecule has 0 heteroatoms. The third-order valence-electron chi connectivity index (χ3n) is 3.18. The predicted octanol–water partition coefficient (Wildman–Crippen LogP) is 2.61. The molecule has 0 amide bonds. The van der Waals surface area contributed by atoms with E-state index in [1.807, 2.05) is 0 Å². The third-order valence-corrected chi connectivity index (χ3v) is 3.18. The van der Waals surface area contributed by atoms with Gasteiger partial charge in [-0.25, -0.2) is 0 Å². The maximum atomic E-state index is 2.48. The van der Waals surface area contributed by atoms with Crippen molar-refractivity contribution in [1.29, 1.82) is 0 Å². The molecule has 50 valence electrons. The predicted molar refractivity (Wildman–Crippen MR) is 39.1 cm³/mol. The van der Waals surface area contributed by atoms with Gasteiger partial charge in [0.1, 0.15) is 0 Å². The number of hydrogen-bond donors (Lipinski definition) is 0. The summed E-state index contributed by atoms with van der Waals surface area (Å²) in [6.07, 6.45) is 5.41. The van der Waals surface area contributed by atoms with E-state index in [-0.39, 0.29) is 0 Å². The lowest BCUT2D eigenvalue weighted by atomic mass is 9.96. The Morgan fingerprint density at radius 3 is 2.44 bits per heavy atom. The Balaban J connectivity index is 2.30. The van der Waals surface area contributed by atoms with Gasteiger partial charge in [0.15, 0.2) is 0 Å². The molecule has 0 radical (unpaired) electrons. The molecule has 0 nitrogen and oxygen atoms in total. The molecule has 1 saturated carbocycles. The van der Waals surface area contributed by atoms with Crippen molar-refractivity contribution < 1.29 is 0 Å². The molecule has 1 fully saturated rings. The van der Waals surface area contributed by atoms with E-state index in [1.54, 1.807) is 5.57 Å². The number of allylic oxidation sites excluding steroid dienone is 2. The lowest BCUT2D eigenvalue weighted by Crippen LogP contribution is -2.01. The van der Waals surface area contributed by atoms with Crippen LogP contribution >= 0.6 is 0 Å². The summed E-state index contributed by atoms with van der Waals surface area (Å²) in [6, 6.07) is 0. The van der Waals surface area contributed by atoms with Crippen LogP contribution in [0.25, 0.3) is 0 Å². The van der Waals surface area contributed by atoms with Gasteiger partial charge in [0.05, 0.1) is 0 Å². The Morgan fingerprint density at radius 2 is 2.22 bits per heavy atom. The highest BCUT2D eigenvalue weighted by atomic mass is 14.4. The highest BCUT2D eigenvalue weighted by molar-refractivity contribution is 5.19. The third kappa shape index (κ3) is 0.593. The van der Waals surface area contributed by atoms with Crippen LogP contribution in [0, 0.1) is 17.8 Å². The van der Waals surface area contributed by atoms with Crippen molar-refractivity contribution in [2.75, 3.05) is 0 Å². The molecule has 9 heavy (non-hydrogen) atoms. The van der Waals surface area contributed by atoms with Crippen LogP contribution in [0.1, 0.15) is 26.7 Å². The van der Waals surface area contributed by atoms with Crippen molar-refractivity contribution in [3.8, 4) is 0 Å². The molecule has 3 unspecified atom stereocenters. The van der Waals surface area contributed by atoms with Crippen LogP contribution in [0.3, 0.4) is 0 Å². The standard InChI is InChI=1S/C9H14/c1-6-5-8-3-4-9(6)7(8)2/h5,7-9H,3-4H2,1-2H3. The van der Waals surface area contributed by atoms with Crippen LogP contribution in [-0.2, 0) is 0 Å². The van der Waals surface area contributed by atoms with E-state index in [0.717, 1.165) is 17.8 Å². The van der Waals surface area contributed by atoms with E-state index < -0.39 is 0 Å². The number of rotatable bonds is 0. The molecular formula is C9H14. The molecule has 0 aromatic rings. The van der Waals surface area contributed by atoms with Crippen molar-refractivity contribution in [2.24, 2.45) is 17.8 Å². The van der Waals surface area contributed by atoms with Crippen LogP contribution in [0.5, 0.6) is 0 Å². The van der Waals surface area contributed by atoms with Gasteiger partial charge in [-0.2, -0.15) is 0 Å². The molecule has 2 rings (SSSR count). The second-order valence-corrected chi connectivity index (χ2v) is 3.62. The molecule has 2 aliphatic rings. The minimum atomic E-state index is 0.954. The highest BCUT2D eigenvalue weighted by Crippen LogP contribution is 2.47. The van der Waals surface area contributed by atoms with E-state index in [1.165, 1.54) is 12.8 Å². The van der Waals surface area contributed by atoms with Gasteiger partial charge in [-0.3, -0.25) is 0 Å². The molecule has 3 atom stereocenters. The fourth-order valence-electron chi connectivity index (χ4n) is 2.53. The summed E-state index contributed by atoms with van der Waals surface area (Å²) in [4.78, 5) is 0. The van der Waals surface area contributed by atoms with Gasteiger partial charge in [-0.15, -0.1) is 0 Å². The Labute approximate surface area is 57.0 Å². The van der Waals surface area contributed by atoms with E-state index >= 15 is 0 Å². The molecule has 0 aromatic carbocycles. The first kappa shape index (κ1) is 5.52. The van der Waals surface area contributed by atoms with Crippen molar-refractivity contribution in [1.82, 2.24) is 0 Å². The molecular weight excluding hydrogens is 108 g/mol. The molecule has 0 aromatic heterocycles. The maximum absolute atomic E-state index is 2.48. The monoisotopic (exact) mass is 122 g/mol. The highest BCUT2D eigenvalue weighted by Gasteiger charge is 2.37. The number of hydrogen-bond acceptors (Lipinski definition) is 0. The summed E-state index contributed by atoms with van der Waals surface area (Å²) in [5.74, 6) is 2.90. The van der Waals surface area contributed by atoms with Crippen LogP contribution in [0.2, 0.25) is 0 Å². The zero-order chi connectivity index (χ0) is 6.43. The van der Waals surface area contributed by atoms with Gasteiger partial charge >= 0.3 is 0 Å². The average Bonchev–Trinajstić information content (AvgIpc) is 2.25. The van der Waals surface area contributed by atoms with E-state index in [0.29, 0.717) is 0 Å². The fourth-order valence-corrected chi connectivity index (χ4v) is 2.53. The Hall–Kier alpha value is -0.260. The van der Waals surface area contributed by atoms with Gasteiger partial charge < -0.3 is 0 Å². The Kier molecular flexibility index (Phi) is 0.992. The summed E-state index contributed by atoms with van der Waals surface area (Å²) < 4.78 is 0. The van der Waals surface area contributed by atoms with Crippen molar-refractivity contribution in [3.63, 3.8) is 0 Å². The Bertz CT molecular complexity index is 155. The average molecular weight is 122 g/mol. The smallest absolute Gasteiger partial charge is 0.0174 e. The maximum Gasteiger partial charge on any atom is -0.0174 e. The second kappa shape index (κ2) is 1.62. The largest absolute Gasteiger partial charge is 0.0819 e. The minimum Gasteiger partial charge on any atom is -0.0819 e. The SMILES string of the molecule is CC1=CC2CCC1C2C. The molecule has 0 saturated heterocycles. The molecule has 2 bridgehead atoms. The van der Waals surface area contributed by atoms with Gasteiger partial charge in [-0.1, -0.05) is 18.6 Å². The van der Waals surface area contributed by atoms with Crippen LogP contribution in [0.15, 0.2) is 11.6 Å². The quantitative estimate of drug-likeness (QED) is 0.433. The van der Waals surface area contributed by atoms with Gasteiger partial charge in [0.2, 0.25) is 0 Å². The molecule has 0 aliphatic heterocycles. The summed E-state index contributed by atoms with van der Waals surface area (Å²) in [5.41, 5.74) is 1.67. The van der Waals surface area contributed by atoms with Crippen molar-refractivity contribution in [3.05, 3.63) is 11.6 Å². The summed E-state index contributed by atoms with van der Waals surface area (Å²) in [6.45, 7) is 4.69. The summed E-state index contributed by atoms with van der Waals surface area (Å²) in [7, 11) is 0. The molecule has 0 heterocycles. The molecule has 2 aliphatic carbocycles. The lowest BCUT2D eigenvalue weighted by Gasteiger charge is -2.09. The van der Waals surface area contributed by atoms with Crippen molar-refractivity contribution >= 4 is 0 Å². The van der Waals surface area contributed by atoms with E-state index in [2.05, 4.69) is 19.9 Å². The van der Waals surface area contributed by atoms with E-state index in [9.17, 15) is 0 Å². The van der Waals surface area contributed by atoms with Gasteiger partial charge in [-0.05, 0) is 37.5 Å². The summed E-state index contributed by atoms with van der Waals surface area (Å²) >= 11 is 0. The summed E-state index contributed by atoms with van der Waals surface area (Å²) in [5, 5.41) is 0. The number of fused-ring (bicyclic) bond motifs is 2. The molecule has 0 N–H and O–H groups in total. The second-order valence-electron chi connectivity index (χ2n) is 3.62. The van der Waals surface area contributed by atoms with Crippen LogP contribution in [-0.4, -0.2) is 0 Å². The van der Waals surface area contributed by atoms with Crippen molar-refractivity contribution in [2.45, 2.75) is 26.7 Å². The first-order valence-corrected chi connectivity index (χ1v) is 3.97. The first-order valence-electron chi connectivity index (χ1n) is 3.97.